The number of halogens is 2. The van der Waals surface area contributed by atoms with E-state index in [0.717, 1.165) is 5.56 Å². The van der Waals surface area contributed by atoms with Crippen LogP contribution in [0.25, 0.3) is 0 Å². The first-order valence-corrected chi connectivity index (χ1v) is 8.44. The zero-order valence-electron chi connectivity index (χ0n) is 12.6. The molecule has 6 heteroatoms. The summed E-state index contributed by atoms with van der Waals surface area (Å²) in [6, 6.07) is 10.8. The van der Waals surface area contributed by atoms with Crippen LogP contribution in [0.4, 0.5) is 8.78 Å². The van der Waals surface area contributed by atoms with Crippen molar-refractivity contribution in [3.63, 3.8) is 0 Å². The van der Waals surface area contributed by atoms with Gasteiger partial charge in [-0.25, -0.2) is 8.78 Å². The Hall–Kier alpha value is -2.08. The molecular weight excluding hydrogens is 320 g/mol. The zero-order valence-corrected chi connectivity index (χ0v) is 13.5. The fraction of sp³-hybridized carbons (Fsp3) is 0.235. The highest BCUT2D eigenvalue weighted by Crippen LogP contribution is 2.12. The third kappa shape index (κ3) is 4.96. The van der Waals surface area contributed by atoms with E-state index in [-0.39, 0.29) is 24.3 Å². The number of aryl methyl sites for hydroxylation is 1. The van der Waals surface area contributed by atoms with Gasteiger partial charge in [-0.2, -0.15) is 0 Å². The third-order valence-corrected chi connectivity index (χ3v) is 4.58. The second-order valence-corrected chi connectivity index (χ2v) is 6.56. The smallest absolute Gasteiger partial charge is 0.233 e. The molecule has 0 saturated heterocycles. The Morgan fingerprint density at radius 2 is 1.78 bits per heavy atom. The highest BCUT2D eigenvalue weighted by molar-refractivity contribution is 7.85. The number of hydrogen-bond donors (Lipinski definition) is 1. The molecule has 23 heavy (non-hydrogen) atoms. The number of rotatable bonds is 6. The molecule has 0 heterocycles. The molecule has 122 valence electrons. The van der Waals surface area contributed by atoms with Crippen molar-refractivity contribution >= 4 is 16.7 Å². The van der Waals surface area contributed by atoms with Crippen LogP contribution in [0, 0.1) is 18.6 Å². The maximum absolute atomic E-state index is 13.4. The lowest BCUT2D eigenvalue weighted by Crippen LogP contribution is -2.30. The summed E-state index contributed by atoms with van der Waals surface area (Å²) in [4.78, 5) is 12.4. The monoisotopic (exact) mass is 337 g/mol. The van der Waals surface area contributed by atoms with E-state index in [0.29, 0.717) is 4.90 Å². The van der Waals surface area contributed by atoms with Crippen LogP contribution in [0.5, 0.6) is 0 Å². The number of carbonyl (C=O) groups is 1. The summed E-state index contributed by atoms with van der Waals surface area (Å²) in [6.45, 7) is 1.96. The van der Waals surface area contributed by atoms with Crippen molar-refractivity contribution in [3.8, 4) is 0 Å². The van der Waals surface area contributed by atoms with Crippen molar-refractivity contribution in [2.45, 2.75) is 18.2 Å². The predicted molar refractivity (Wildman–Crippen MR) is 85.5 cm³/mol. The summed E-state index contributed by atoms with van der Waals surface area (Å²) in [7, 11) is -1.44. The van der Waals surface area contributed by atoms with Crippen LogP contribution < -0.4 is 5.32 Å². The van der Waals surface area contributed by atoms with Gasteiger partial charge < -0.3 is 5.32 Å². The fourth-order valence-electron chi connectivity index (χ4n) is 2.11. The first kappa shape index (κ1) is 17.3. The van der Waals surface area contributed by atoms with Crippen LogP contribution in [-0.2, 0) is 22.0 Å². The molecule has 0 aliphatic rings. The van der Waals surface area contributed by atoms with Crippen LogP contribution >= 0.6 is 0 Å². The number of amides is 1. The molecule has 2 aromatic carbocycles. The number of hydrogen-bond acceptors (Lipinski definition) is 2. The molecule has 1 unspecified atom stereocenters. The summed E-state index contributed by atoms with van der Waals surface area (Å²) < 4.78 is 39.0. The minimum Gasteiger partial charge on any atom is -0.355 e. The van der Waals surface area contributed by atoms with E-state index >= 15 is 0 Å². The predicted octanol–water partition coefficient (Wildman–Crippen LogP) is 2.74. The van der Waals surface area contributed by atoms with E-state index < -0.39 is 28.3 Å². The first-order valence-electron chi connectivity index (χ1n) is 7.12. The quantitative estimate of drug-likeness (QED) is 0.881. The van der Waals surface area contributed by atoms with Crippen LogP contribution in [-0.4, -0.2) is 22.4 Å². The molecule has 0 aliphatic heterocycles. The van der Waals surface area contributed by atoms with Gasteiger partial charge in [0, 0.05) is 17.0 Å². The average molecular weight is 337 g/mol. The Balaban J connectivity index is 1.85. The topological polar surface area (TPSA) is 46.2 Å². The minimum absolute atomic E-state index is 0.0430. The van der Waals surface area contributed by atoms with Gasteiger partial charge in [-0.3, -0.25) is 9.00 Å². The Morgan fingerprint density at radius 1 is 1.13 bits per heavy atom. The average Bonchev–Trinajstić information content (AvgIpc) is 2.50. The van der Waals surface area contributed by atoms with E-state index in [2.05, 4.69) is 5.32 Å². The summed E-state index contributed by atoms with van der Waals surface area (Å²) >= 11 is 0. The van der Waals surface area contributed by atoms with Gasteiger partial charge in [-0.1, -0.05) is 18.2 Å². The molecule has 0 saturated carbocycles. The van der Waals surface area contributed by atoms with Crippen LogP contribution in [0.1, 0.15) is 11.1 Å². The van der Waals surface area contributed by atoms with Gasteiger partial charge in [0.2, 0.25) is 5.91 Å². The number of benzene rings is 2. The SMILES string of the molecule is Cc1cccc(S(=O)CC(=O)NCCc2c(F)cccc2F)c1. The highest BCUT2D eigenvalue weighted by Gasteiger charge is 2.12. The molecule has 2 rings (SSSR count). The van der Waals surface area contributed by atoms with Crippen molar-refractivity contribution in [1.29, 1.82) is 0 Å². The Labute approximate surface area is 136 Å². The first-order chi connectivity index (χ1) is 11.0. The summed E-state index contributed by atoms with van der Waals surface area (Å²) in [6.07, 6.45) is 0.0430. The molecule has 0 fully saturated rings. The van der Waals surface area contributed by atoms with Gasteiger partial charge >= 0.3 is 0 Å². The molecule has 0 spiro atoms. The molecule has 0 aliphatic carbocycles. The molecule has 0 bridgehead atoms. The molecule has 2 aromatic rings. The van der Waals surface area contributed by atoms with Crippen LogP contribution in [0.2, 0.25) is 0 Å². The Kier molecular flexibility index (Phi) is 5.98. The minimum atomic E-state index is -1.44. The van der Waals surface area contributed by atoms with Gasteiger partial charge in [-0.15, -0.1) is 0 Å². The van der Waals surface area contributed by atoms with Gasteiger partial charge in [0.15, 0.2) is 0 Å². The zero-order chi connectivity index (χ0) is 16.8. The van der Waals surface area contributed by atoms with E-state index in [9.17, 15) is 17.8 Å². The molecule has 0 radical (unpaired) electrons. The lowest BCUT2D eigenvalue weighted by molar-refractivity contribution is -0.118. The van der Waals surface area contributed by atoms with Crippen molar-refractivity contribution < 1.29 is 17.8 Å². The van der Waals surface area contributed by atoms with Gasteiger partial charge in [0.1, 0.15) is 17.4 Å². The van der Waals surface area contributed by atoms with Crippen LogP contribution in [0.3, 0.4) is 0 Å². The van der Waals surface area contributed by atoms with Gasteiger partial charge in [-0.05, 0) is 43.2 Å². The lowest BCUT2D eigenvalue weighted by Gasteiger charge is -2.07. The Bertz CT molecular complexity index is 714. The standard InChI is InChI=1S/C17H17F2NO2S/c1-12-4-2-5-13(10-12)23(22)11-17(21)20-9-8-14-15(18)6-3-7-16(14)19/h2-7,10H,8-9,11H2,1H3,(H,20,21). The lowest BCUT2D eigenvalue weighted by atomic mass is 10.1. The highest BCUT2D eigenvalue weighted by atomic mass is 32.2. The molecule has 1 amide bonds. The summed E-state index contributed by atoms with van der Waals surface area (Å²) in [5.74, 6) is -1.87. The molecule has 3 nitrogen and oxygen atoms in total. The van der Waals surface area contributed by atoms with E-state index in [4.69, 9.17) is 0 Å². The van der Waals surface area contributed by atoms with E-state index in [1.807, 2.05) is 13.0 Å². The summed E-state index contributed by atoms with van der Waals surface area (Å²) in [5, 5.41) is 2.54. The fourth-order valence-corrected chi connectivity index (χ4v) is 3.16. The third-order valence-electron chi connectivity index (χ3n) is 3.27. The molecule has 0 aromatic heterocycles. The maximum atomic E-state index is 13.4. The van der Waals surface area contributed by atoms with Crippen molar-refractivity contribution in [2.24, 2.45) is 0 Å². The van der Waals surface area contributed by atoms with E-state index in [1.54, 1.807) is 18.2 Å². The largest absolute Gasteiger partial charge is 0.355 e. The number of carbonyl (C=O) groups excluding carboxylic acids is 1. The van der Waals surface area contributed by atoms with Crippen LogP contribution in [0.15, 0.2) is 47.4 Å². The van der Waals surface area contributed by atoms with Gasteiger partial charge in [0.05, 0.1) is 10.8 Å². The van der Waals surface area contributed by atoms with Crippen molar-refractivity contribution in [1.82, 2.24) is 5.32 Å². The van der Waals surface area contributed by atoms with Crippen molar-refractivity contribution in [2.75, 3.05) is 12.3 Å². The molecule has 1 N–H and O–H groups in total. The van der Waals surface area contributed by atoms with E-state index in [1.165, 1.54) is 18.2 Å². The Morgan fingerprint density at radius 3 is 2.43 bits per heavy atom. The number of nitrogens with one attached hydrogen (secondary N) is 1. The maximum Gasteiger partial charge on any atom is 0.233 e. The summed E-state index contributed by atoms with van der Waals surface area (Å²) in [5.41, 5.74) is 0.902. The second kappa shape index (κ2) is 7.97. The molecular formula is C17H17F2NO2S. The van der Waals surface area contributed by atoms with Crippen molar-refractivity contribution in [3.05, 3.63) is 65.2 Å². The second-order valence-electron chi connectivity index (χ2n) is 5.11. The van der Waals surface area contributed by atoms with Gasteiger partial charge in [0.25, 0.3) is 0 Å². The normalized spacial score (nSPS) is 12.0. The molecule has 1 atom stereocenters.